The molecule has 2 rings (SSSR count). The first-order valence-electron chi connectivity index (χ1n) is 6.18. The zero-order valence-electron chi connectivity index (χ0n) is 11.2. The van der Waals surface area contributed by atoms with Crippen molar-refractivity contribution in [3.8, 4) is 0 Å². The molecule has 0 radical (unpaired) electrons. The predicted octanol–water partition coefficient (Wildman–Crippen LogP) is 4.21. The molecule has 0 unspecified atom stereocenters. The fraction of sp³-hybridized carbons (Fsp3) is 0.133. The van der Waals surface area contributed by atoms with E-state index in [-0.39, 0.29) is 18.3 Å². The van der Waals surface area contributed by atoms with Crippen LogP contribution in [0.5, 0.6) is 0 Å². The Morgan fingerprint density at radius 3 is 2.29 bits per heavy atom. The van der Waals surface area contributed by atoms with Crippen molar-refractivity contribution in [1.29, 1.82) is 0 Å². The third-order valence-corrected chi connectivity index (χ3v) is 3.33. The molecule has 0 bridgehead atoms. The average Bonchev–Trinajstić information content (AvgIpc) is 2.44. The fourth-order valence-corrected chi connectivity index (χ4v) is 2.29. The third-order valence-electron chi connectivity index (χ3n) is 2.89. The molecule has 2 aromatic rings. The normalized spacial score (nSPS) is 10.3. The van der Waals surface area contributed by atoms with Crippen molar-refractivity contribution in [2.24, 2.45) is 0 Å². The van der Waals surface area contributed by atoms with Crippen LogP contribution in [-0.2, 0) is 4.79 Å². The summed E-state index contributed by atoms with van der Waals surface area (Å²) in [5, 5.41) is 3.93. The Labute approximate surface area is 132 Å². The van der Waals surface area contributed by atoms with Crippen molar-refractivity contribution in [1.82, 2.24) is 0 Å². The number of hydrogen-bond donors (Lipinski definition) is 1. The minimum atomic E-state index is -0.341. The van der Waals surface area contributed by atoms with E-state index in [4.69, 9.17) is 23.2 Å². The van der Waals surface area contributed by atoms with Gasteiger partial charge in [0.15, 0.2) is 0 Å². The van der Waals surface area contributed by atoms with E-state index in [0.29, 0.717) is 21.4 Å². The second-order valence-electron chi connectivity index (χ2n) is 4.44. The van der Waals surface area contributed by atoms with E-state index in [1.54, 1.807) is 37.4 Å². The van der Waals surface area contributed by atoms with Crippen LogP contribution in [0.2, 0.25) is 10.0 Å². The Balaban J connectivity index is 1.99. The molecule has 110 valence electrons. The van der Waals surface area contributed by atoms with Crippen LogP contribution >= 0.6 is 23.2 Å². The number of benzene rings is 2. The van der Waals surface area contributed by atoms with Gasteiger partial charge in [-0.05, 0) is 42.5 Å². The molecule has 1 amide bonds. The summed E-state index contributed by atoms with van der Waals surface area (Å²) in [5.41, 5.74) is 1.28. The molecule has 0 aromatic heterocycles. The average molecular weight is 327 g/mol. The van der Waals surface area contributed by atoms with Crippen LogP contribution in [0.25, 0.3) is 0 Å². The van der Waals surface area contributed by atoms with Gasteiger partial charge in [0.25, 0.3) is 0 Å². The molecule has 0 aliphatic heterocycles. The van der Waals surface area contributed by atoms with Gasteiger partial charge in [0.2, 0.25) is 5.91 Å². The minimum Gasteiger partial charge on any atom is -0.376 e. The van der Waals surface area contributed by atoms with Gasteiger partial charge in [0.1, 0.15) is 5.82 Å². The molecule has 0 saturated carbocycles. The molecule has 0 aliphatic carbocycles. The monoisotopic (exact) mass is 326 g/mol. The van der Waals surface area contributed by atoms with Gasteiger partial charge < -0.3 is 10.2 Å². The predicted molar refractivity (Wildman–Crippen MR) is 84.8 cm³/mol. The standard InChI is InChI=1S/C15H13Cl2FN2O/c1-20(14-4-2-12(18)3-5-14)15(21)9-19-13-7-10(16)6-11(17)8-13/h2-8,19H,9H2,1H3. The Morgan fingerprint density at radius 1 is 1.14 bits per heavy atom. The van der Waals surface area contributed by atoms with Gasteiger partial charge >= 0.3 is 0 Å². The van der Waals surface area contributed by atoms with Crippen molar-refractivity contribution in [2.45, 2.75) is 0 Å². The van der Waals surface area contributed by atoms with Crippen LogP contribution in [0, 0.1) is 5.82 Å². The number of likely N-dealkylation sites (N-methyl/N-ethyl adjacent to an activating group) is 1. The van der Waals surface area contributed by atoms with E-state index in [0.717, 1.165) is 0 Å². The molecule has 0 fully saturated rings. The summed E-state index contributed by atoms with van der Waals surface area (Å²) < 4.78 is 12.9. The number of halogens is 3. The van der Waals surface area contributed by atoms with E-state index >= 15 is 0 Å². The summed E-state index contributed by atoms with van der Waals surface area (Å²) in [6.07, 6.45) is 0. The zero-order chi connectivity index (χ0) is 15.4. The van der Waals surface area contributed by atoms with Gasteiger partial charge in [-0.3, -0.25) is 4.79 Å². The van der Waals surface area contributed by atoms with E-state index in [1.165, 1.54) is 17.0 Å². The minimum absolute atomic E-state index is 0.0740. The van der Waals surface area contributed by atoms with E-state index in [2.05, 4.69) is 5.32 Å². The molecule has 0 aliphatic rings. The number of carbonyl (C=O) groups excluding carboxylic acids is 1. The summed E-state index contributed by atoms with van der Waals surface area (Å²) in [7, 11) is 1.63. The lowest BCUT2D eigenvalue weighted by Crippen LogP contribution is -2.32. The lowest BCUT2D eigenvalue weighted by Gasteiger charge is -2.18. The number of amides is 1. The second kappa shape index (κ2) is 6.78. The molecule has 6 heteroatoms. The van der Waals surface area contributed by atoms with Crippen molar-refractivity contribution in [2.75, 3.05) is 23.8 Å². The maximum Gasteiger partial charge on any atom is 0.246 e. The van der Waals surface area contributed by atoms with Gasteiger partial charge in [-0.1, -0.05) is 23.2 Å². The quantitative estimate of drug-likeness (QED) is 0.912. The fourth-order valence-electron chi connectivity index (χ4n) is 1.76. The second-order valence-corrected chi connectivity index (χ2v) is 5.31. The Hall–Kier alpha value is -1.78. The van der Waals surface area contributed by atoms with Crippen molar-refractivity contribution < 1.29 is 9.18 Å². The highest BCUT2D eigenvalue weighted by Crippen LogP contribution is 2.22. The van der Waals surface area contributed by atoms with Crippen molar-refractivity contribution >= 4 is 40.5 Å². The van der Waals surface area contributed by atoms with Gasteiger partial charge in [-0.15, -0.1) is 0 Å². The Bertz CT molecular complexity index is 626. The highest BCUT2D eigenvalue weighted by atomic mass is 35.5. The summed E-state index contributed by atoms with van der Waals surface area (Å²) in [6.45, 7) is 0.0740. The maximum absolute atomic E-state index is 12.9. The number of hydrogen-bond acceptors (Lipinski definition) is 2. The third kappa shape index (κ3) is 4.34. The number of anilines is 2. The molecule has 2 aromatic carbocycles. The van der Waals surface area contributed by atoms with Crippen LogP contribution in [0.4, 0.5) is 15.8 Å². The van der Waals surface area contributed by atoms with Gasteiger partial charge in [-0.2, -0.15) is 0 Å². The van der Waals surface area contributed by atoms with Crippen LogP contribution in [0.1, 0.15) is 0 Å². The summed E-state index contributed by atoms with van der Waals surface area (Å²) >= 11 is 11.8. The van der Waals surface area contributed by atoms with Crippen LogP contribution in [0.3, 0.4) is 0 Å². The first-order chi connectivity index (χ1) is 9.95. The first-order valence-corrected chi connectivity index (χ1v) is 6.93. The number of nitrogens with one attached hydrogen (secondary N) is 1. The zero-order valence-corrected chi connectivity index (χ0v) is 12.7. The molecule has 21 heavy (non-hydrogen) atoms. The number of rotatable bonds is 4. The Kier molecular flexibility index (Phi) is 5.04. The molecule has 1 N–H and O–H groups in total. The summed E-state index contributed by atoms with van der Waals surface area (Å²) in [5.74, 6) is -0.510. The molecular formula is C15H13Cl2FN2O. The van der Waals surface area contributed by atoms with E-state index in [1.807, 2.05) is 0 Å². The molecule has 0 heterocycles. The summed E-state index contributed by atoms with van der Waals surface area (Å²) in [4.78, 5) is 13.5. The first kappa shape index (κ1) is 15.6. The van der Waals surface area contributed by atoms with Crippen molar-refractivity contribution in [3.63, 3.8) is 0 Å². The highest BCUT2D eigenvalue weighted by Gasteiger charge is 2.11. The lowest BCUT2D eigenvalue weighted by molar-refractivity contribution is -0.116. The largest absolute Gasteiger partial charge is 0.376 e. The topological polar surface area (TPSA) is 32.3 Å². The van der Waals surface area contributed by atoms with Crippen molar-refractivity contribution in [3.05, 3.63) is 58.3 Å². The number of carbonyl (C=O) groups is 1. The smallest absolute Gasteiger partial charge is 0.246 e. The lowest BCUT2D eigenvalue weighted by atomic mass is 10.3. The molecule has 0 saturated heterocycles. The highest BCUT2D eigenvalue weighted by molar-refractivity contribution is 6.35. The molecule has 3 nitrogen and oxygen atoms in total. The Morgan fingerprint density at radius 2 is 1.71 bits per heavy atom. The van der Waals surface area contributed by atoms with Gasteiger partial charge in [0, 0.05) is 28.5 Å². The van der Waals surface area contributed by atoms with Crippen LogP contribution < -0.4 is 10.2 Å². The van der Waals surface area contributed by atoms with Gasteiger partial charge in [-0.25, -0.2) is 4.39 Å². The van der Waals surface area contributed by atoms with E-state index in [9.17, 15) is 9.18 Å². The van der Waals surface area contributed by atoms with E-state index < -0.39 is 0 Å². The number of nitrogens with zero attached hydrogens (tertiary/aromatic N) is 1. The summed E-state index contributed by atoms with van der Waals surface area (Å²) in [6, 6.07) is 10.7. The maximum atomic E-state index is 12.9. The SMILES string of the molecule is CN(C(=O)CNc1cc(Cl)cc(Cl)c1)c1ccc(F)cc1. The molecule has 0 atom stereocenters. The molecule has 0 spiro atoms. The molecular weight excluding hydrogens is 314 g/mol. The van der Waals surface area contributed by atoms with Crippen LogP contribution in [-0.4, -0.2) is 19.5 Å². The van der Waals surface area contributed by atoms with Gasteiger partial charge in [0.05, 0.1) is 6.54 Å². The van der Waals surface area contributed by atoms with Crippen LogP contribution in [0.15, 0.2) is 42.5 Å².